The summed E-state index contributed by atoms with van der Waals surface area (Å²) in [5.74, 6) is 2.03. The summed E-state index contributed by atoms with van der Waals surface area (Å²) >= 11 is 0. The summed E-state index contributed by atoms with van der Waals surface area (Å²) in [5.41, 5.74) is -1.22. The van der Waals surface area contributed by atoms with Crippen molar-refractivity contribution in [3.63, 3.8) is 0 Å². The second-order valence-electron chi connectivity index (χ2n) is 10.7. The van der Waals surface area contributed by atoms with Gasteiger partial charge in [-0.05, 0) is 46.5 Å². The van der Waals surface area contributed by atoms with Gasteiger partial charge in [-0.1, -0.05) is 59.6 Å². The van der Waals surface area contributed by atoms with Crippen molar-refractivity contribution in [3.05, 3.63) is 59.4 Å². The van der Waals surface area contributed by atoms with Crippen LogP contribution in [0.4, 0.5) is 23.4 Å². The summed E-state index contributed by atoms with van der Waals surface area (Å²) in [6, 6.07) is 10.4. The first kappa shape index (κ1) is 32.2. The van der Waals surface area contributed by atoms with Crippen molar-refractivity contribution in [3.8, 4) is 23.0 Å². The standard InChI is InChI=1S/C29H34F4N2O4SSi/c1-18(2)41(19(3)4,20(5)6)15-14-23-24(30)12-13-25-28(23)26(39-40(36,37)29(31,32)33)16-27(35-25)34-17-21-8-10-22(38-7)11-9-21/h8-13,16,18-20H,17H2,1-7H3,(H,34,35). The smallest absolute Gasteiger partial charge is 0.497 e. The third-order valence-corrected chi connectivity index (χ3v) is 14.5. The fourth-order valence-corrected chi connectivity index (χ4v) is 10.9. The Morgan fingerprint density at radius 3 is 2.07 bits per heavy atom. The average molecular weight is 611 g/mol. The van der Waals surface area contributed by atoms with Crippen LogP contribution >= 0.6 is 0 Å². The average Bonchev–Trinajstić information content (AvgIpc) is 2.87. The van der Waals surface area contributed by atoms with Gasteiger partial charge in [-0.3, -0.25) is 0 Å². The Labute approximate surface area is 239 Å². The largest absolute Gasteiger partial charge is 0.534 e. The van der Waals surface area contributed by atoms with Crippen LogP contribution in [0.3, 0.4) is 0 Å². The molecule has 1 aromatic heterocycles. The molecule has 2 aromatic carbocycles. The summed E-state index contributed by atoms with van der Waals surface area (Å²) in [4.78, 5) is 4.41. The van der Waals surface area contributed by atoms with Crippen molar-refractivity contribution in [2.45, 2.75) is 70.2 Å². The van der Waals surface area contributed by atoms with Gasteiger partial charge in [0.05, 0.1) is 23.6 Å². The molecule has 0 aliphatic carbocycles. The fourth-order valence-electron chi connectivity index (χ4n) is 5.25. The summed E-state index contributed by atoms with van der Waals surface area (Å²) < 4.78 is 89.2. The molecule has 0 spiro atoms. The van der Waals surface area contributed by atoms with Gasteiger partial charge in [0, 0.05) is 12.6 Å². The molecule has 0 fully saturated rings. The van der Waals surface area contributed by atoms with Crippen LogP contribution < -0.4 is 14.2 Å². The third kappa shape index (κ3) is 6.78. The molecule has 0 bridgehead atoms. The number of nitrogens with one attached hydrogen (secondary N) is 1. The highest BCUT2D eigenvalue weighted by molar-refractivity contribution is 7.88. The lowest BCUT2D eigenvalue weighted by molar-refractivity contribution is -0.0499. The van der Waals surface area contributed by atoms with E-state index in [1.807, 2.05) is 0 Å². The number of aromatic nitrogens is 1. The van der Waals surface area contributed by atoms with Gasteiger partial charge in [-0.25, -0.2) is 9.37 Å². The lowest BCUT2D eigenvalue weighted by atomic mass is 10.1. The molecular formula is C29H34F4N2O4SSi. The Bertz CT molecular complexity index is 1540. The molecule has 0 radical (unpaired) electrons. The van der Waals surface area contributed by atoms with Crippen molar-refractivity contribution in [1.82, 2.24) is 4.98 Å². The highest BCUT2D eigenvalue weighted by Crippen LogP contribution is 2.41. The zero-order valence-electron chi connectivity index (χ0n) is 24.0. The monoisotopic (exact) mass is 610 g/mol. The number of methoxy groups -OCH3 is 1. The molecule has 3 rings (SSSR count). The number of anilines is 1. The maximum Gasteiger partial charge on any atom is 0.534 e. The predicted molar refractivity (Wildman–Crippen MR) is 156 cm³/mol. The topological polar surface area (TPSA) is 77.5 Å². The number of alkyl halides is 3. The van der Waals surface area contributed by atoms with E-state index in [4.69, 9.17) is 4.74 Å². The van der Waals surface area contributed by atoms with E-state index in [1.54, 1.807) is 24.3 Å². The fraction of sp³-hybridized carbons (Fsp3) is 0.414. The normalized spacial score (nSPS) is 12.5. The molecule has 0 aliphatic heterocycles. The van der Waals surface area contributed by atoms with Gasteiger partial charge in [0.1, 0.15) is 25.5 Å². The molecule has 1 N–H and O–H groups in total. The zero-order chi connectivity index (χ0) is 30.8. The Hall–Kier alpha value is -3.30. The SMILES string of the molecule is COc1ccc(CNc2cc(OS(=O)(=O)C(F)(F)F)c3c(C#C[Si](C(C)C)(C(C)C)C(C)C)c(F)ccc3n2)cc1. The first-order valence-corrected chi connectivity index (χ1v) is 16.7. The summed E-state index contributed by atoms with van der Waals surface area (Å²) in [5, 5.41) is 2.71. The second kappa shape index (κ2) is 12.3. The van der Waals surface area contributed by atoms with Gasteiger partial charge in [-0.15, -0.1) is 5.54 Å². The number of ether oxygens (including phenoxy) is 1. The molecule has 0 saturated carbocycles. The molecule has 41 heavy (non-hydrogen) atoms. The molecule has 0 aliphatic rings. The van der Waals surface area contributed by atoms with Gasteiger partial charge in [0.2, 0.25) is 0 Å². The Balaban J connectivity index is 2.23. The number of halogens is 4. The quantitative estimate of drug-likeness (QED) is 0.0876. The molecule has 12 heteroatoms. The van der Waals surface area contributed by atoms with Crippen LogP contribution in [0.1, 0.15) is 52.7 Å². The van der Waals surface area contributed by atoms with Crippen LogP contribution in [-0.4, -0.2) is 34.1 Å². The van der Waals surface area contributed by atoms with E-state index < -0.39 is 35.3 Å². The number of hydrogen-bond donors (Lipinski definition) is 1. The van der Waals surface area contributed by atoms with Gasteiger partial charge in [0.15, 0.2) is 5.75 Å². The number of pyridine rings is 1. The lowest BCUT2D eigenvalue weighted by Crippen LogP contribution is -2.43. The molecule has 1 heterocycles. The van der Waals surface area contributed by atoms with E-state index in [2.05, 4.69) is 67.5 Å². The molecule has 3 aromatic rings. The minimum atomic E-state index is -6.08. The van der Waals surface area contributed by atoms with E-state index in [1.165, 1.54) is 13.2 Å². The minimum Gasteiger partial charge on any atom is -0.497 e. The molecule has 6 nitrogen and oxygen atoms in total. The Morgan fingerprint density at radius 2 is 1.56 bits per heavy atom. The number of benzene rings is 2. The molecule has 0 atom stereocenters. The molecule has 0 saturated heterocycles. The van der Waals surface area contributed by atoms with Crippen molar-refractivity contribution >= 4 is 34.9 Å². The highest BCUT2D eigenvalue weighted by Gasteiger charge is 2.49. The first-order valence-electron chi connectivity index (χ1n) is 13.1. The van der Waals surface area contributed by atoms with Crippen LogP contribution in [0.5, 0.6) is 11.5 Å². The summed E-state index contributed by atoms with van der Waals surface area (Å²) in [6.07, 6.45) is 0. The number of hydrogen-bond acceptors (Lipinski definition) is 6. The van der Waals surface area contributed by atoms with Gasteiger partial charge >= 0.3 is 15.6 Å². The van der Waals surface area contributed by atoms with Crippen LogP contribution in [0.2, 0.25) is 16.6 Å². The van der Waals surface area contributed by atoms with E-state index in [-0.39, 0.29) is 45.5 Å². The molecule has 0 unspecified atom stereocenters. The minimum absolute atomic E-state index is 0.0220. The van der Waals surface area contributed by atoms with E-state index in [9.17, 15) is 21.6 Å². The van der Waals surface area contributed by atoms with E-state index >= 15 is 4.39 Å². The first-order chi connectivity index (χ1) is 19.0. The molecule has 0 amide bonds. The molecular weight excluding hydrogens is 576 g/mol. The van der Waals surface area contributed by atoms with Crippen LogP contribution in [0.15, 0.2) is 42.5 Å². The Kier molecular flexibility index (Phi) is 9.65. The maximum atomic E-state index is 15.3. The maximum absolute atomic E-state index is 15.3. The van der Waals surface area contributed by atoms with Gasteiger partial charge < -0.3 is 14.2 Å². The zero-order valence-corrected chi connectivity index (χ0v) is 25.8. The number of nitrogens with zero attached hydrogens (tertiary/aromatic N) is 1. The van der Waals surface area contributed by atoms with Crippen molar-refractivity contribution in [2.75, 3.05) is 12.4 Å². The number of fused-ring (bicyclic) bond motifs is 1. The van der Waals surface area contributed by atoms with E-state index in [0.29, 0.717) is 5.75 Å². The Morgan fingerprint density at radius 1 is 0.976 bits per heavy atom. The van der Waals surface area contributed by atoms with Crippen LogP contribution in [0, 0.1) is 17.3 Å². The summed E-state index contributed by atoms with van der Waals surface area (Å²) in [7, 11) is -6.94. The van der Waals surface area contributed by atoms with Gasteiger partial charge in [-0.2, -0.15) is 21.6 Å². The molecule has 222 valence electrons. The van der Waals surface area contributed by atoms with Crippen LogP contribution in [-0.2, 0) is 16.7 Å². The predicted octanol–water partition coefficient (Wildman–Crippen LogP) is 7.79. The second-order valence-corrected chi connectivity index (χ2v) is 17.8. The van der Waals surface area contributed by atoms with Crippen molar-refractivity contribution < 1.29 is 34.9 Å². The van der Waals surface area contributed by atoms with E-state index in [0.717, 1.165) is 17.7 Å². The summed E-state index contributed by atoms with van der Waals surface area (Å²) in [6.45, 7) is 12.6. The highest BCUT2D eigenvalue weighted by atomic mass is 32.2. The van der Waals surface area contributed by atoms with Gasteiger partial charge in [0.25, 0.3) is 0 Å². The van der Waals surface area contributed by atoms with Crippen molar-refractivity contribution in [2.24, 2.45) is 0 Å². The van der Waals surface area contributed by atoms with Crippen LogP contribution in [0.25, 0.3) is 10.9 Å². The lowest BCUT2D eigenvalue weighted by Gasteiger charge is -2.38. The van der Waals surface area contributed by atoms with Crippen molar-refractivity contribution in [1.29, 1.82) is 0 Å². The third-order valence-electron chi connectivity index (χ3n) is 7.27. The number of rotatable bonds is 9.